The van der Waals surface area contributed by atoms with Gasteiger partial charge in [0.25, 0.3) is 11.6 Å². The maximum Gasteiger partial charge on any atom is 0.288 e. The molecule has 0 bridgehead atoms. The number of hydrogen-bond donors (Lipinski definition) is 1. The van der Waals surface area contributed by atoms with Crippen molar-refractivity contribution in [3.63, 3.8) is 0 Å². The second-order valence-electron chi connectivity index (χ2n) is 6.29. The lowest BCUT2D eigenvalue weighted by atomic mass is 10.1. The zero-order valence-electron chi connectivity index (χ0n) is 15.7. The number of nitro groups is 1. The summed E-state index contributed by atoms with van der Waals surface area (Å²) in [5, 5.41) is 23.1. The van der Waals surface area contributed by atoms with E-state index < -0.39 is 10.8 Å². The fourth-order valence-corrected chi connectivity index (χ4v) is 2.93. The van der Waals surface area contributed by atoms with Crippen LogP contribution in [0.3, 0.4) is 0 Å². The number of halogens is 1. The topological polar surface area (TPSA) is 109 Å². The van der Waals surface area contributed by atoms with Gasteiger partial charge in [-0.25, -0.2) is 0 Å². The molecular formula is C22H16ClN3O4. The molecule has 8 heteroatoms. The Bertz CT molecular complexity index is 1150. The summed E-state index contributed by atoms with van der Waals surface area (Å²) < 4.78 is 5.63. The predicted octanol–water partition coefficient (Wildman–Crippen LogP) is 4.77. The lowest BCUT2D eigenvalue weighted by molar-refractivity contribution is -0.384. The molecule has 0 aliphatic carbocycles. The summed E-state index contributed by atoms with van der Waals surface area (Å²) in [6, 6.07) is 19.0. The molecule has 0 saturated heterocycles. The van der Waals surface area contributed by atoms with E-state index in [4.69, 9.17) is 16.0 Å². The maximum atomic E-state index is 12.3. The van der Waals surface area contributed by atoms with Crippen molar-refractivity contribution in [2.75, 3.05) is 6.54 Å². The minimum Gasteiger partial charge on any atom is -0.457 e. The first-order valence-electron chi connectivity index (χ1n) is 8.96. The molecule has 0 saturated carbocycles. The van der Waals surface area contributed by atoms with Crippen LogP contribution in [0.2, 0.25) is 5.02 Å². The van der Waals surface area contributed by atoms with Crippen LogP contribution in [0.5, 0.6) is 0 Å². The van der Waals surface area contributed by atoms with Gasteiger partial charge in [-0.05, 0) is 36.2 Å². The lowest BCUT2D eigenvalue weighted by Gasteiger charge is -2.04. The average Bonchev–Trinajstić information content (AvgIpc) is 3.21. The normalized spacial score (nSPS) is 11.0. The fourth-order valence-electron chi connectivity index (χ4n) is 2.74. The number of carbonyl (C=O) groups excluding carboxylic acids is 1. The average molecular weight is 422 g/mol. The second-order valence-corrected chi connectivity index (χ2v) is 6.69. The molecule has 7 nitrogen and oxygen atoms in total. The molecule has 1 N–H and O–H groups in total. The van der Waals surface area contributed by atoms with E-state index in [-0.39, 0.29) is 22.0 Å². The molecule has 3 rings (SSSR count). The number of nitriles is 1. The largest absolute Gasteiger partial charge is 0.457 e. The van der Waals surface area contributed by atoms with Gasteiger partial charge in [-0.15, -0.1) is 0 Å². The number of furan rings is 1. The SMILES string of the molecule is N#C/C(=C\c1ccc(-c2ccc(Cl)c([N+](=O)[O-])c2)o1)C(=O)NCCc1ccccc1. The molecule has 2 aromatic carbocycles. The van der Waals surface area contributed by atoms with E-state index in [1.807, 2.05) is 36.4 Å². The number of nitro benzene ring substituents is 1. The van der Waals surface area contributed by atoms with E-state index in [2.05, 4.69) is 5.32 Å². The third-order valence-corrected chi connectivity index (χ3v) is 4.57. The smallest absolute Gasteiger partial charge is 0.288 e. The first-order valence-corrected chi connectivity index (χ1v) is 9.34. The van der Waals surface area contributed by atoms with Gasteiger partial charge in [-0.1, -0.05) is 41.9 Å². The van der Waals surface area contributed by atoms with Gasteiger partial charge in [0.05, 0.1) is 4.92 Å². The van der Waals surface area contributed by atoms with Crippen LogP contribution in [0, 0.1) is 21.4 Å². The molecule has 0 radical (unpaired) electrons. The molecule has 0 fully saturated rings. The highest BCUT2D eigenvalue weighted by Crippen LogP contribution is 2.31. The monoisotopic (exact) mass is 421 g/mol. The number of amides is 1. The summed E-state index contributed by atoms with van der Waals surface area (Å²) in [7, 11) is 0. The Morgan fingerprint density at radius 3 is 2.67 bits per heavy atom. The Labute approximate surface area is 177 Å². The van der Waals surface area contributed by atoms with Crippen molar-refractivity contribution in [3.8, 4) is 17.4 Å². The number of rotatable bonds is 7. The molecule has 0 spiro atoms. The fraction of sp³-hybridized carbons (Fsp3) is 0.0909. The van der Waals surface area contributed by atoms with Crippen molar-refractivity contribution in [2.24, 2.45) is 0 Å². The zero-order valence-corrected chi connectivity index (χ0v) is 16.4. The van der Waals surface area contributed by atoms with Gasteiger partial charge >= 0.3 is 0 Å². The van der Waals surface area contributed by atoms with Gasteiger partial charge in [-0.3, -0.25) is 14.9 Å². The van der Waals surface area contributed by atoms with Crippen molar-refractivity contribution in [3.05, 3.63) is 92.7 Å². The van der Waals surface area contributed by atoms with Crippen molar-refractivity contribution in [2.45, 2.75) is 6.42 Å². The minimum atomic E-state index is -0.580. The van der Waals surface area contributed by atoms with Gasteiger partial charge in [0, 0.05) is 24.3 Å². The van der Waals surface area contributed by atoms with Crippen LogP contribution >= 0.6 is 11.6 Å². The number of nitrogens with one attached hydrogen (secondary N) is 1. The minimum absolute atomic E-state index is 0.0226. The quantitative estimate of drug-likeness (QED) is 0.255. The molecule has 0 unspecified atom stereocenters. The summed E-state index contributed by atoms with van der Waals surface area (Å²) in [6.45, 7) is 0.389. The molecule has 30 heavy (non-hydrogen) atoms. The van der Waals surface area contributed by atoms with E-state index in [9.17, 15) is 20.2 Å². The van der Waals surface area contributed by atoms with Gasteiger partial charge in [-0.2, -0.15) is 5.26 Å². The van der Waals surface area contributed by atoms with E-state index in [1.54, 1.807) is 18.2 Å². The van der Waals surface area contributed by atoms with E-state index >= 15 is 0 Å². The van der Waals surface area contributed by atoms with Gasteiger partial charge in [0.2, 0.25) is 0 Å². The highest BCUT2D eigenvalue weighted by molar-refractivity contribution is 6.32. The summed E-state index contributed by atoms with van der Waals surface area (Å²) in [6.07, 6.45) is 1.97. The highest BCUT2D eigenvalue weighted by atomic mass is 35.5. The summed E-state index contributed by atoms with van der Waals surface area (Å²) in [5.74, 6) is 0.119. The van der Waals surface area contributed by atoms with E-state index in [1.165, 1.54) is 18.2 Å². The molecule has 0 atom stereocenters. The number of nitrogens with zero attached hydrogens (tertiary/aromatic N) is 2. The van der Waals surface area contributed by atoms with Crippen LogP contribution in [0.1, 0.15) is 11.3 Å². The molecule has 0 aliphatic rings. The lowest BCUT2D eigenvalue weighted by Crippen LogP contribution is -2.26. The Kier molecular flexibility index (Phi) is 6.63. The van der Waals surface area contributed by atoms with Crippen molar-refractivity contribution in [1.82, 2.24) is 5.32 Å². The maximum absolute atomic E-state index is 12.3. The van der Waals surface area contributed by atoms with E-state index in [0.29, 0.717) is 24.3 Å². The number of carbonyl (C=O) groups is 1. The Morgan fingerprint density at radius 1 is 1.20 bits per heavy atom. The number of benzene rings is 2. The Balaban J connectivity index is 1.70. The summed E-state index contributed by atoms with van der Waals surface area (Å²) in [4.78, 5) is 22.7. The van der Waals surface area contributed by atoms with Crippen LogP contribution in [-0.2, 0) is 11.2 Å². The van der Waals surface area contributed by atoms with Crippen LogP contribution in [0.25, 0.3) is 17.4 Å². The molecule has 150 valence electrons. The second kappa shape index (κ2) is 9.54. The van der Waals surface area contributed by atoms with Crippen molar-refractivity contribution >= 4 is 29.3 Å². The molecule has 0 aliphatic heterocycles. The first kappa shape index (κ1) is 20.8. The van der Waals surface area contributed by atoms with Crippen LogP contribution < -0.4 is 5.32 Å². The van der Waals surface area contributed by atoms with Gasteiger partial charge < -0.3 is 9.73 Å². The predicted molar refractivity (Wildman–Crippen MR) is 113 cm³/mol. The standard InChI is InChI=1S/C22H16ClN3O4/c23-19-8-6-16(13-20(19)26(28)29)21-9-7-18(30-21)12-17(14-24)22(27)25-11-10-15-4-2-1-3-5-15/h1-9,12-13H,10-11H2,(H,25,27)/b17-12+. The third-order valence-electron chi connectivity index (χ3n) is 4.25. The van der Waals surface area contributed by atoms with E-state index in [0.717, 1.165) is 5.56 Å². The third kappa shape index (κ3) is 5.13. The van der Waals surface area contributed by atoms with Crippen LogP contribution in [0.15, 0.2) is 70.7 Å². The Hall–Kier alpha value is -3.89. The van der Waals surface area contributed by atoms with Crippen LogP contribution in [-0.4, -0.2) is 17.4 Å². The Morgan fingerprint density at radius 2 is 1.97 bits per heavy atom. The summed E-state index contributed by atoms with van der Waals surface area (Å²) >= 11 is 5.82. The first-order chi connectivity index (χ1) is 14.5. The number of hydrogen-bond acceptors (Lipinski definition) is 5. The molecule has 1 heterocycles. The van der Waals surface area contributed by atoms with Crippen LogP contribution in [0.4, 0.5) is 5.69 Å². The van der Waals surface area contributed by atoms with Gasteiger partial charge in [0.1, 0.15) is 28.2 Å². The molecule has 1 amide bonds. The molecular weight excluding hydrogens is 406 g/mol. The molecule has 1 aromatic heterocycles. The zero-order chi connectivity index (χ0) is 21.5. The highest BCUT2D eigenvalue weighted by Gasteiger charge is 2.16. The molecule has 3 aromatic rings. The van der Waals surface area contributed by atoms with Crippen molar-refractivity contribution < 1.29 is 14.1 Å². The summed E-state index contributed by atoms with van der Waals surface area (Å²) in [5.41, 5.74) is 1.19. The van der Waals surface area contributed by atoms with Crippen molar-refractivity contribution in [1.29, 1.82) is 5.26 Å². The van der Waals surface area contributed by atoms with Gasteiger partial charge in [0.15, 0.2) is 0 Å².